The molecule has 0 fully saturated rings. The molecule has 2 aliphatic rings. The van der Waals surface area contributed by atoms with Gasteiger partial charge in [0.1, 0.15) is 6.61 Å². The number of ether oxygens (including phenoxy) is 3. The molecular weight excluding hydrogens is 526 g/mol. The van der Waals surface area contributed by atoms with E-state index in [2.05, 4.69) is 19.2 Å². The first-order valence-electron chi connectivity index (χ1n) is 13.4. The molecule has 2 heterocycles. The van der Waals surface area contributed by atoms with Crippen LogP contribution in [0.15, 0.2) is 75.9 Å². The lowest BCUT2D eigenvalue weighted by Gasteiger charge is -2.36. The fourth-order valence-electron chi connectivity index (χ4n) is 4.48. The van der Waals surface area contributed by atoms with E-state index in [1.807, 2.05) is 79.6 Å². The Hall–Kier alpha value is -3.72. The third-order valence-corrected chi connectivity index (χ3v) is 7.24. The van der Waals surface area contributed by atoms with Gasteiger partial charge in [-0.25, -0.2) is 9.79 Å². The molecule has 9 heteroatoms. The number of aliphatic imine (C=N–C) groups is 1. The Labute approximate surface area is 240 Å². The highest BCUT2D eigenvalue weighted by Gasteiger charge is 2.41. The third-order valence-electron chi connectivity index (χ3n) is 6.35. The van der Waals surface area contributed by atoms with E-state index in [0.717, 1.165) is 16.8 Å². The number of carbonyl (C=O) groups excluding carboxylic acids is 2. The van der Waals surface area contributed by atoms with E-state index in [4.69, 9.17) is 19.2 Å². The smallest absolute Gasteiger partial charge is 0.338 e. The van der Waals surface area contributed by atoms with Crippen molar-refractivity contribution in [3.05, 3.63) is 82.0 Å². The van der Waals surface area contributed by atoms with E-state index in [0.29, 0.717) is 47.0 Å². The van der Waals surface area contributed by atoms with Crippen LogP contribution in [-0.4, -0.2) is 41.7 Å². The molecule has 0 saturated heterocycles. The lowest BCUT2D eigenvalue weighted by atomic mass is 9.93. The van der Waals surface area contributed by atoms with Crippen LogP contribution in [0.2, 0.25) is 0 Å². The molecule has 1 N–H and O–H groups in total. The summed E-state index contributed by atoms with van der Waals surface area (Å²) in [6, 6.07) is 15.0. The Bertz CT molecular complexity index is 1330. The highest BCUT2D eigenvalue weighted by atomic mass is 32.2. The second-order valence-electron chi connectivity index (χ2n) is 10.4. The minimum Gasteiger partial charge on any atom is -0.493 e. The van der Waals surface area contributed by atoms with Crippen LogP contribution in [0.4, 0.5) is 0 Å². The molecule has 212 valence electrons. The Balaban J connectivity index is 1.69. The fourth-order valence-corrected chi connectivity index (χ4v) is 5.44. The lowest BCUT2D eigenvalue weighted by molar-refractivity contribution is -0.143. The monoisotopic (exact) mass is 563 g/mol. The maximum Gasteiger partial charge on any atom is 0.338 e. The zero-order valence-corrected chi connectivity index (χ0v) is 24.7. The highest BCUT2D eigenvalue weighted by Crippen LogP contribution is 2.46. The number of nitrogens with zero attached hydrogens (tertiary/aromatic N) is 2. The van der Waals surface area contributed by atoms with E-state index in [-0.39, 0.29) is 18.4 Å². The van der Waals surface area contributed by atoms with Crippen LogP contribution in [0, 0.1) is 5.92 Å². The van der Waals surface area contributed by atoms with Crippen molar-refractivity contribution in [2.24, 2.45) is 10.9 Å². The molecule has 0 bridgehead atoms. The first kappa shape index (κ1) is 29.3. The van der Waals surface area contributed by atoms with Gasteiger partial charge in [-0.1, -0.05) is 62.0 Å². The molecule has 1 unspecified atom stereocenters. The number of hydrogen-bond donors (Lipinski definition) is 1. The normalized spacial score (nSPS) is 16.5. The number of benzene rings is 2. The molecule has 4 rings (SSSR count). The SMILES string of the molecule is COc1cc(C2C(C(=O)OC(C)C)=C(C)N=C3SC=C(CC(=O)NCC(C)C)N32)ccc1OCc1ccccc1. The van der Waals surface area contributed by atoms with E-state index in [1.165, 1.54) is 11.8 Å². The summed E-state index contributed by atoms with van der Waals surface area (Å²) in [5.74, 6) is 0.948. The summed E-state index contributed by atoms with van der Waals surface area (Å²) in [5, 5.41) is 5.62. The first-order chi connectivity index (χ1) is 19.2. The minimum absolute atomic E-state index is 0.0830. The number of amidine groups is 1. The summed E-state index contributed by atoms with van der Waals surface area (Å²) in [4.78, 5) is 32.9. The number of allylic oxidation sites excluding steroid dienone is 1. The number of fused-ring (bicyclic) bond motifs is 1. The molecule has 2 aromatic carbocycles. The summed E-state index contributed by atoms with van der Waals surface area (Å²) in [7, 11) is 1.59. The third kappa shape index (κ3) is 6.88. The van der Waals surface area contributed by atoms with Crippen LogP contribution in [-0.2, 0) is 20.9 Å². The van der Waals surface area contributed by atoms with Gasteiger partial charge in [-0.05, 0) is 55.4 Å². The number of hydrogen-bond acceptors (Lipinski definition) is 8. The fraction of sp³-hybridized carbons (Fsp3) is 0.387. The molecule has 0 radical (unpaired) electrons. The number of amides is 1. The number of rotatable bonds is 11. The Kier molecular flexibility index (Phi) is 9.58. The summed E-state index contributed by atoms with van der Waals surface area (Å²) in [5.41, 5.74) is 3.60. The molecule has 1 amide bonds. The number of esters is 1. The van der Waals surface area contributed by atoms with Crippen molar-refractivity contribution in [2.75, 3.05) is 13.7 Å². The maximum absolute atomic E-state index is 13.4. The average molecular weight is 564 g/mol. The molecule has 0 saturated carbocycles. The molecule has 0 aliphatic carbocycles. The maximum atomic E-state index is 13.4. The van der Waals surface area contributed by atoms with Gasteiger partial charge in [0.2, 0.25) is 5.91 Å². The molecule has 2 aliphatic heterocycles. The summed E-state index contributed by atoms with van der Waals surface area (Å²) < 4.78 is 17.5. The van der Waals surface area contributed by atoms with Gasteiger partial charge in [0.15, 0.2) is 16.7 Å². The topological polar surface area (TPSA) is 89.5 Å². The summed E-state index contributed by atoms with van der Waals surface area (Å²) in [6.07, 6.45) is -0.136. The van der Waals surface area contributed by atoms with Crippen molar-refractivity contribution in [3.63, 3.8) is 0 Å². The van der Waals surface area contributed by atoms with Gasteiger partial charge >= 0.3 is 5.97 Å². The van der Waals surface area contributed by atoms with Crippen LogP contribution in [0.5, 0.6) is 11.5 Å². The lowest BCUT2D eigenvalue weighted by Crippen LogP contribution is -2.38. The van der Waals surface area contributed by atoms with E-state index >= 15 is 0 Å². The van der Waals surface area contributed by atoms with E-state index in [9.17, 15) is 9.59 Å². The van der Waals surface area contributed by atoms with E-state index < -0.39 is 12.0 Å². The Morgan fingerprint density at radius 1 is 1.07 bits per heavy atom. The average Bonchev–Trinajstić information content (AvgIpc) is 3.31. The van der Waals surface area contributed by atoms with Gasteiger partial charge in [0.05, 0.1) is 36.9 Å². The van der Waals surface area contributed by atoms with Crippen molar-refractivity contribution < 1.29 is 23.8 Å². The van der Waals surface area contributed by atoms with Crippen molar-refractivity contribution in [3.8, 4) is 11.5 Å². The number of methoxy groups -OCH3 is 1. The predicted octanol–water partition coefficient (Wildman–Crippen LogP) is 5.96. The van der Waals surface area contributed by atoms with Crippen LogP contribution in [0.25, 0.3) is 0 Å². The molecule has 1 atom stereocenters. The van der Waals surface area contributed by atoms with Crippen molar-refractivity contribution in [1.29, 1.82) is 0 Å². The molecule has 0 spiro atoms. The number of nitrogens with one attached hydrogen (secondary N) is 1. The standard InChI is InChI=1S/C31H37N3O5S/c1-19(2)16-32-27(35)15-24-18-40-31-33-21(5)28(30(36)39-20(3)4)29(34(24)31)23-12-13-25(26(14-23)37-6)38-17-22-10-8-7-9-11-22/h7-14,18-20,29H,15-17H2,1-6H3,(H,32,35). The predicted molar refractivity (Wildman–Crippen MR) is 158 cm³/mol. The van der Waals surface area contributed by atoms with Gasteiger partial charge in [-0.15, -0.1) is 0 Å². The van der Waals surface area contributed by atoms with Crippen molar-refractivity contribution >= 4 is 28.8 Å². The number of thioether (sulfide) groups is 1. The minimum atomic E-state index is -0.560. The van der Waals surface area contributed by atoms with Crippen molar-refractivity contribution in [2.45, 2.75) is 59.8 Å². The van der Waals surface area contributed by atoms with Gasteiger partial charge in [-0.2, -0.15) is 0 Å². The second-order valence-corrected chi connectivity index (χ2v) is 11.2. The molecule has 40 heavy (non-hydrogen) atoms. The van der Waals surface area contributed by atoms with Crippen molar-refractivity contribution in [1.82, 2.24) is 10.2 Å². The largest absolute Gasteiger partial charge is 0.493 e. The second kappa shape index (κ2) is 13.1. The Morgan fingerprint density at radius 3 is 2.50 bits per heavy atom. The number of carbonyl (C=O) groups is 2. The quantitative estimate of drug-likeness (QED) is 0.337. The van der Waals surface area contributed by atoms with E-state index in [1.54, 1.807) is 7.11 Å². The molecular formula is C31H37N3O5S. The molecule has 8 nitrogen and oxygen atoms in total. The van der Waals surface area contributed by atoms with Gasteiger partial charge in [-0.3, -0.25) is 4.79 Å². The van der Waals surface area contributed by atoms with Gasteiger partial charge < -0.3 is 24.4 Å². The zero-order valence-electron chi connectivity index (χ0n) is 23.9. The molecule has 2 aromatic rings. The highest BCUT2D eigenvalue weighted by molar-refractivity contribution is 8.16. The van der Waals surface area contributed by atoms with Gasteiger partial charge in [0, 0.05) is 12.2 Å². The first-order valence-corrected chi connectivity index (χ1v) is 14.3. The van der Waals surface area contributed by atoms with Crippen LogP contribution in [0.3, 0.4) is 0 Å². The summed E-state index contributed by atoms with van der Waals surface area (Å²) in [6.45, 7) is 10.5. The zero-order chi connectivity index (χ0) is 28.8. The van der Waals surface area contributed by atoms with Gasteiger partial charge in [0.25, 0.3) is 0 Å². The summed E-state index contributed by atoms with van der Waals surface area (Å²) >= 11 is 1.44. The van der Waals surface area contributed by atoms with Crippen LogP contribution >= 0.6 is 11.8 Å². The molecule has 0 aromatic heterocycles. The van der Waals surface area contributed by atoms with Crippen LogP contribution < -0.4 is 14.8 Å². The van der Waals surface area contributed by atoms with Crippen LogP contribution in [0.1, 0.15) is 58.2 Å². The Morgan fingerprint density at radius 2 is 1.82 bits per heavy atom.